The van der Waals surface area contributed by atoms with Crippen molar-refractivity contribution in [1.82, 2.24) is 9.38 Å². The highest BCUT2D eigenvalue weighted by atomic mass is 15.2. The summed E-state index contributed by atoms with van der Waals surface area (Å²) in [7, 11) is 0. The van der Waals surface area contributed by atoms with Crippen LogP contribution in [0.25, 0.3) is 5.65 Å². The molecule has 0 saturated heterocycles. The van der Waals surface area contributed by atoms with E-state index in [2.05, 4.69) is 63.0 Å². The van der Waals surface area contributed by atoms with Crippen molar-refractivity contribution < 1.29 is 0 Å². The standard InChI is InChI=1S/C20H24N4/c1-6-15-9-11-16(12-10-15)22-23-19-17(20(3,4)5)21-18-14(2)8-7-13-24(18)19/h7-13H,6H2,1-5H3. The molecule has 2 aromatic heterocycles. The number of imidazole rings is 1. The first kappa shape index (κ1) is 16.4. The molecule has 0 fully saturated rings. The molecule has 0 amide bonds. The number of azo groups is 1. The molecular weight excluding hydrogens is 296 g/mol. The number of hydrogen-bond donors (Lipinski definition) is 0. The van der Waals surface area contributed by atoms with E-state index >= 15 is 0 Å². The molecule has 4 heteroatoms. The van der Waals surface area contributed by atoms with Crippen molar-refractivity contribution >= 4 is 17.2 Å². The fraction of sp³-hybridized carbons (Fsp3) is 0.350. The van der Waals surface area contributed by atoms with Crippen LogP contribution in [0.3, 0.4) is 0 Å². The number of aryl methyl sites for hydroxylation is 2. The fourth-order valence-electron chi connectivity index (χ4n) is 2.69. The van der Waals surface area contributed by atoms with Gasteiger partial charge in [-0.1, -0.05) is 45.9 Å². The van der Waals surface area contributed by atoms with E-state index in [1.54, 1.807) is 0 Å². The highest BCUT2D eigenvalue weighted by molar-refractivity contribution is 5.58. The zero-order valence-electron chi connectivity index (χ0n) is 15.0. The maximum Gasteiger partial charge on any atom is 0.183 e. The molecule has 0 unspecified atom stereocenters. The highest BCUT2D eigenvalue weighted by Gasteiger charge is 2.24. The predicted octanol–water partition coefficient (Wildman–Crippen LogP) is 5.92. The number of pyridine rings is 1. The molecule has 0 aliphatic carbocycles. The molecule has 0 spiro atoms. The lowest BCUT2D eigenvalue weighted by atomic mass is 9.92. The zero-order chi connectivity index (χ0) is 17.3. The third-order valence-electron chi connectivity index (χ3n) is 4.14. The Bertz CT molecular complexity index is 880. The molecular formula is C20H24N4. The van der Waals surface area contributed by atoms with Crippen molar-refractivity contribution in [2.75, 3.05) is 0 Å². The van der Waals surface area contributed by atoms with Gasteiger partial charge in [0.05, 0.1) is 11.4 Å². The van der Waals surface area contributed by atoms with E-state index in [0.29, 0.717) is 0 Å². The van der Waals surface area contributed by atoms with Gasteiger partial charge < -0.3 is 0 Å². The average molecular weight is 320 g/mol. The van der Waals surface area contributed by atoms with Crippen molar-refractivity contribution in [3.63, 3.8) is 0 Å². The first-order valence-electron chi connectivity index (χ1n) is 8.39. The summed E-state index contributed by atoms with van der Waals surface area (Å²) in [4.78, 5) is 4.83. The van der Waals surface area contributed by atoms with E-state index < -0.39 is 0 Å². The lowest BCUT2D eigenvalue weighted by molar-refractivity contribution is 0.573. The molecule has 0 aliphatic heterocycles. The van der Waals surface area contributed by atoms with Gasteiger partial charge in [0, 0.05) is 11.6 Å². The molecule has 124 valence electrons. The van der Waals surface area contributed by atoms with Gasteiger partial charge in [-0.3, -0.25) is 4.40 Å². The fourth-order valence-corrected chi connectivity index (χ4v) is 2.69. The van der Waals surface area contributed by atoms with Crippen LogP contribution < -0.4 is 0 Å². The Labute approximate surface area is 143 Å². The van der Waals surface area contributed by atoms with E-state index in [4.69, 9.17) is 4.98 Å². The molecule has 0 saturated carbocycles. The molecule has 3 aromatic rings. The van der Waals surface area contributed by atoms with Crippen molar-refractivity contribution in [2.45, 2.75) is 46.5 Å². The number of aromatic nitrogens is 2. The van der Waals surface area contributed by atoms with Crippen LogP contribution >= 0.6 is 0 Å². The summed E-state index contributed by atoms with van der Waals surface area (Å²) in [6.07, 6.45) is 3.03. The number of rotatable bonds is 3. The van der Waals surface area contributed by atoms with Gasteiger partial charge in [-0.2, -0.15) is 0 Å². The predicted molar refractivity (Wildman–Crippen MR) is 98.6 cm³/mol. The summed E-state index contributed by atoms with van der Waals surface area (Å²) >= 11 is 0. The number of fused-ring (bicyclic) bond motifs is 1. The van der Waals surface area contributed by atoms with Crippen molar-refractivity contribution in [3.05, 3.63) is 59.4 Å². The summed E-state index contributed by atoms with van der Waals surface area (Å²) in [5.41, 5.74) is 5.10. The van der Waals surface area contributed by atoms with Gasteiger partial charge in [-0.25, -0.2) is 4.98 Å². The molecule has 4 nitrogen and oxygen atoms in total. The lowest BCUT2D eigenvalue weighted by Gasteiger charge is -2.15. The second kappa shape index (κ2) is 6.19. The second-order valence-electron chi connectivity index (χ2n) is 7.14. The Morgan fingerprint density at radius 2 is 1.75 bits per heavy atom. The summed E-state index contributed by atoms with van der Waals surface area (Å²) in [5.74, 6) is 0.806. The second-order valence-corrected chi connectivity index (χ2v) is 7.14. The molecule has 3 rings (SSSR count). The molecule has 24 heavy (non-hydrogen) atoms. The first-order valence-corrected chi connectivity index (χ1v) is 8.39. The Morgan fingerprint density at radius 1 is 1.04 bits per heavy atom. The van der Waals surface area contributed by atoms with Gasteiger partial charge in [-0.15, -0.1) is 10.2 Å². The number of benzene rings is 1. The number of hydrogen-bond acceptors (Lipinski definition) is 3. The lowest BCUT2D eigenvalue weighted by Crippen LogP contribution is -2.11. The van der Waals surface area contributed by atoms with Gasteiger partial charge in [0.2, 0.25) is 0 Å². The van der Waals surface area contributed by atoms with Crippen LogP contribution in [0.1, 0.15) is 44.5 Å². The van der Waals surface area contributed by atoms with E-state index in [9.17, 15) is 0 Å². The first-order chi connectivity index (χ1) is 11.4. The normalized spacial score (nSPS) is 12.4. The SMILES string of the molecule is CCc1ccc(N=Nc2c(C(C)(C)C)nc3c(C)cccn23)cc1. The molecule has 0 aliphatic rings. The van der Waals surface area contributed by atoms with Gasteiger partial charge in [0.1, 0.15) is 5.65 Å². The monoisotopic (exact) mass is 320 g/mol. The summed E-state index contributed by atoms with van der Waals surface area (Å²) < 4.78 is 2.03. The van der Waals surface area contributed by atoms with Crippen molar-refractivity contribution in [2.24, 2.45) is 10.2 Å². The van der Waals surface area contributed by atoms with E-state index in [1.165, 1.54) is 5.56 Å². The van der Waals surface area contributed by atoms with Gasteiger partial charge in [-0.05, 0) is 42.7 Å². The Kier molecular flexibility index (Phi) is 4.22. The van der Waals surface area contributed by atoms with Crippen LogP contribution in [0.5, 0.6) is 0 Å². The Morgan fingerprint density at radius 3 is 2.38 bits per heavy atom. The minimum absolute atomic E-state index is 0.0983. The van der Waals surface area contributed by atoms with Crippen molar-refractivity contribution in [3.8, 4) is 0 Å². The summed E-state index contributed by atoms with van der Waals surface area (Å²) in [5, 5.41) is 9.00. The van der Waals surface area contributed by atoms with E-state index in [-0.39, 0.29) is 5.41 Å². The molecule has 0 atom stereocenters. The zero-order valence-corrected chi connectivity index (χ0v) is 15.0. The van der Waals surface area contributed by atoms with E-state index in [1.807, 2.05) is 28.8 Å². The molecule has 1 aromatic carbocycles. The highest BCUT2D eigenvalue weighted by Crippen LogP contribution is 2.33. The average Bonchev–Trinajstić information content (AvgIpc) is 2.94. The maximum absolute atomic E-state index is 4.83. The maximum atomic E-state index is 4.83. The van der Waals surface area contributed by atoms with Crippen LogP contribution in [0.2, 0.25) is 0 Å². The van der Waals surface area contributed by atoms with Gasteiger partial charge in [0.15, 0.2) is 5.82 Å². The minimum Gasteiger partial charge on any atom is -0.283 e. The third-order valence-corrected chi connectivity index (χ3v) is 4.14. The third kappa shape index (κ3) is 3.09. The smallest absolute Gasteiger partial charge is 0.183 e. The Balaban J connectivity index is 2.09. The van der Waals surface area contributed by atoms with Crippen LogP contribution in [0, 0.1) is 6.92 Å². The molecule has 0 radical (unpaired) electrons. The number of nitrogens with zero attached hydrogens (tertiary/aromatic N) is 4. The molecule has 2 heterocycles. The van der Waals surface area contributed by atoms with Crippen LogP contribution in [-0.2, 0) is 11.8 Å². The van der Waals surface area contributed by atoms with Gasteiger partial charge >= 0.3 is 0 Å². The van der Waals surface area contributed by atoms with Crippen molar-refractivity contribution in [1.29, 1.82) is 0 Å². The van der Waals surface area contributed by atoms with Crippen LogP contribution in [0.4, 0.5) is 11.5 Å². The quantitative estimate of drug-likeness (QED) is 0.552. The Hall–Kier alpha value is -2.49. The molecule has 0 N–H and O–H groups in total. The summed E-state index contributed by atoms with van der Waals surface area (Å²) in [6, 6.07) is 12.3. The topological polar surface area (TPSA) is 42.0 Å². The minimum atomic E-state index is -0.0983. The van der Waals surface area contributed by atoms with Crippen LogP contribution in [0.15, 0.2) is 52.8 Å². The molecule has 0 bridgehead atoms. The summed E-state index contributed by atoms with van der Waals surface area (Å²) in [6.45, 7) is 10.7. The van der Waals surface area contributed by atoms with Gasteiger partial charge in [0.25, 0.3) is 0 Å². The largest absolute Gasteiger partial charge is 0.283 e. The van der Waals surface area contributed by atoms with Crippen LogP contribution in [-0.4, -0.2) is 9.38 Å². The van der Waals surface area contributed by atoms with E-state index in [0.717, 1.165) is 34.8 Å².